The van der Waals surface area contributed by atoms with Gasteiger partial charge in [0.05, 0.1) is 13.2 Å². The molecular weight excluding hydrogens is 212 g/mol. The molecule has 0 fully saturated rings. The van der Waals surface area contributed by atoms with Gasteiger partial charge in [0, 0.05) is 5.03 Å². The van der Waals surface area contributed by atoms with Crippen molar-refractivity contribution in [1.82, 2.24) is 10.6 Å². The van der Waals surface area contributed by atoms with Crippen LogP contribution < -0.4 is 10.6 Å². The maximum Gasteiger partial charge on any atom is 0.328 e. The van der Waals surface area contributed by atoms with Crippen LogP contribution >= 0.6 is 11.6 Å². The van der Waals surface area contributed by atoms with E-state index in [0.29, 0.717) is 0 Å². The second-order valence-corrected chi connectivity index (χ2v) is 2.95. The lowest BCUT2D eigenvalue weighted by Crippen LogP contribution is -2.48. The van der Waals surface area contributed by atoms with Crippen LogP contribution in [-0.2, 0) is 4.79 Å². The molecule has 0 rings (SSSR count). The van der Waals surface area contributed by atoms with Gasteiger partial charge < -0.3 is 20.8 Å². The highest BCUT2D eigenvalue weighted by Gasteiger charge is 2.17. The molecule has 0 spiro atoms. The average molecular weight is 223 g/mol. The molecule has 0 aromatic rings. The summed E-state index contributed by atoms with van der Waals surface area (Å²) in [6.07, 6.45) is 0. The van der Waals surface area contributed by atoms with Gasteiger partial charge >= 0.3 is 12.0 Å². The monoisotopic (exact) mass is 222 g/mol. The Morgan fingerprint density at radius 1 is 1.50 bits per heavy atom. The first kappa shape index (κ1) is 12.7. The number of hydrogen-bond donors (Lipinski definition) is 4. The Hall–Kier alpha value is -1.27. The van der Waals surface area contributed by atoms with Gasteiger partial charge in [0.2, 0.25) is 0 Å². The van der Waals surface area contributed by atoms with E-state index in [9.17, 15) is 9.59 Å². The number of rotatable bonds is 5. The fraction of sp³-hybridized carbons (Fsp3) is 0.429. The van der Waals surface area contributed by atoms with Gasteiger partial charge in [-0.2, -0.15) is 0 Å². The first-order chi connectivity index (χ1) is 6.47. The average Bonchev–Trinajstić information content (AvgIpc) is 2.10. The minimum atomic E-state index is -1.32. The van der Waals surface area contributed by atoms with Crippen molar-refractivity contribution in [3.8, 4) is 0 Å². The highest BCUT2D eigenvalue weighted by molar-refractivity contribution is 6.29. The van der Waals surface area contributed by atoms with Crippen LogP contribution in [0.2, 0.25) is 0 Å². The van der Waals surface area contributed by atoms with Gasteiger partial charge in [-0.05, 0) is 0 Å². The summed E-state index contributed by atoms with van der Waals surface area (Å²) in [6.45, 7) is 2.68. The second kappa shape index (κ2) is 6.22. The lowest BCUT2D eigenvalue weighted by molar-refractivity contribution is -0.140. The molecule has 0 radical (unpaired) electrons. The number of aliphatic hydroxyl groups excluding tert-OH is 1. The van der Waals surface area contributed by atoms with Crippen LogP contribution in [0.25, 0.3) is 0 Å². The quantitative estimate of drug-likeness (QED) is 0.503. The van der Waals surface area contributed by atoms with Gasteiger partial charge in [-0.3, -0.25) is 0 Å². The third-order valence-corrected chi connectivity index (χ3v) is 1.36. The van der Waals surface area contributed by atoms with E-state index in [2.05, 4.69) is 11.9 Å². The number of aliphatic hydroxyl groups is 1. The van der Waals surface area contributed by atoms with Crippen LogP contribution in [0.1, 0.15) is 0 Å². The van der Waals surface area contributed by atoms with Gasteiger partial charge in [0.25, 0.3) is 0 Å². The molecular formula is C7H11ClN2O4. The Morgan fingerprint density at radius 2 is 2.07 bits per heavy atom. The topological polar surface area (TPSA) is 98.7 Å². The standard InChI is InChI=1S/C7H11ClN2O4/c1-4(8)2-9-7(14)10-5(3-11)6(12)13/h5,11H,1-3H2,(H,12,13)(H2,9,10,14)/t5-/m1/s1. The highest BCUT2D eigenvalue weighted by Crippen LogP contribution is 1.92. The summed E-state index contributed by atoms with van der Waals surface area (Å²) in [7, 11) is 0. The lowest BCUT2D eigenvalue weighted by atomic mass is 10.3. The Bertz CT molecular complexity index is 244. The number of carboxylic acid groups (broad SMARTS) is 1. The molecule has 0 aliphatic carbocycles. The van der Waals surface area contributed by atoms with Gasteiger partial charge in [0.1, 0.15) is 0 Å². The molecule has 4 N–H and O–H groups in total. The van der Waals surface area contributed by atoms with Crippen molar-refractivity contribution < 1.29 is 19.8 Å². The van der Waals surface area contributed by atoms with E-state index in [1.165, 1.54) is 0 Å². The zero-order chi connectivity index (χ0) is 11.1. The predicted molar refractivity (Wildman–Crippen MR) is 50.0 cm³/mol. The SMILES string of the molecule is C=C(Cl)CNC(=O)N[C@H](CO)C(=O)O. The molecule has 1 atom stereocenters. The zero-order valence-electron chi connectivity index (χ0n) is 7.29. The van der Waals surface area contributed by atoms with E-state index in [1.807, 2.05) is 5.32 Å². The predicted octanol–water partition coefficient (Wildman–Crippen LogP) is -0.516. The number of carbonyl (C=O) groups is 2. The maximum absolute atomic E-state index is 10.9. The third-order valence-electron chi connectivity index (χ3n) is 1.23. The van der Waals surface area contributed by atoms with Crippen molar-refractivity contribution >= 4 is 23.6 Å². The van der Waals surface area contributed by atoms with Crippen LogP contribution in [0.3, 0.4) is 0 Å². The fourth-order valence-electron chi connectivity index (χ4n) is 0.571. The summed E-state index contributed by atoms with van der Waals surface area (Å²) >= 11 is 5.35. The minimum Gasteiger partial charge on any atom is -0.480 e. The van der Waals surface area contributed by atoms with Gasteiger partial charge in [-0.1, -0.05) is 18.2 Å². The van der Waals surface area contributed by atoms with E-state index in [-0.39, 0.29) is 11.6 Å². The molecule has 0 aromatic carbocycles. The van der Waals surface area contributed by atoms with Crippen molar-refractivity contribution in [3.63, 3.8) is 0 Å². The largest absolute Gasteiger partial charge is 0.480 e. The van der Waals surface area contributed by atoms with Crippen molar-refractivity contribution in [2.45, 2.75) is 6.04 Å². The molecule has 6 nitrogen and oxygen atoms in total. The van der Waals surface area contributed by atoms with Crippen LogP contribution in [0, 0.1) is 0 Å². The summed E-state index contributed by atoms with van der Waals surface area (Å²) in [5.41, 5.74) is 0. The molecule has 7 heteroatoms. The third kappa shape index (κ3) is 5.39. The molecule has 0 aromatic heterocycles. The summed E-state index contributed by atoms with van der Waals surface area (Å²) in [4.78, 5) is 21.3. The molecule has 0 heterocycles. The molecule has 0 unspecified atom stereocenters. The van der Waals surface area contributed by atoms with Crippen molar-refractivity contribution in [2.75, 3.05) is 13.2 Å². The molecule has 2 amide bonds. The van der Waals surface area contributed by atoms with Crippen molar-refractivity contribution in [3.05, 3.63) is 11.6 Å². The van der Waals surface area contributed by atoms with E-state index in [1.54, 1.807) is 0 Å². The maximum atomic E-state index is 10.9. The highest BCUT2D eigenvalue weighted by atomic mass is 35.5. The Kier molecular flexibility index (Phi) is 5.66. The van der Waals surface area contributed by atoms with Gasteiger partial charge in [0.15, 0.2) is 6.04 Å². The Balaban J connectivity index is 3.91. The second-order valence-electron chi connectivity index (χ2n) is 2.42. The smallest absolute Gasteiger partial charge is 0.328 e. The normalized spacial score (nSPS) is 11.6. The fourth-order valence-corrected chi connectivity index (χ4v) is 0.638. The molecule has 14 heavy (non-hydrogen) atoms. The van der Waals surface area contributed by atoms with E-state index in [4.69, 9.17) is 21.8 Å². The first-order valence-corrected chi connectivity index (χ1v) is 4.06. The summed E-state index contributed by atoms with van der Waals surface area (Å²) in [6, 6.07) is -2.05. The van der Waals surface area contributed by atoms with Crippen LogP contribution in [0.5, 0.6) is 0 Å². The Morgan fingerprint density at radius 3 is 2.43 bits per heavy atom. The number of hydrogen-bond acceptors (Lipinski definition) is 3. The van der Waals surface area contributed by atoms with Gasteiger partial charge in [-0.15, -0.1) is 0 Å². The molecule has 0 aliphatic rings. The molecule has 80 valence electrons. The number of nitrogens with one attached hydrogen (secondary N) is 2. The van der Waals surface area contributed by atoms with Crippen LogP contribution in [0.15, 0.2) is 11.6 Å². The first-order valence-electron chi connectivity index (χ1n) is 3.68. The molecule has 0 saturated heterocycles. The van der Waals surface area contributed by atoms with E-state index < -0.39 is 24.6 Å². The molecule has 0 bridgehead atoms. The summed E-state index contributed by atoms with van der Waals surface area (Å²) in [5.74, 6) is -1.31. The summed E-state index contributed by atoms with van der Waals surface area (Å²) in [5, 5.41) is 21.5. The van der Waals surface area contributed by atoms with Gasteiger partial charge in [-0.25, -0.2) is 9.59 Å². The number of carbonyl (C=O) groups excluding carboxylic acids is 1. The zero-order valence-corrected chi connectivity index (χ0v) is 8.04. The summed E-state index contributed by atoms with van der Waals surface area (Å²) < 4.78 is 0. The molecule has 0 aliphatic heterocycles. The Labute approximate surface area is 85.6 Å². The minimum absolute atomic E-state index is 0.0329. The number of halogens is 1. The number of aliphatic carboxylic acids is 1. The van der Waals surface area contributed by atoms with E-state index >= 15 is 0 Å². The van der Waals surface area contributed by atoms with Crippen LogP contribution in [0.4, 0.5) is 4.79 Å². The van der Waals surface area contributed by atoms with E-state index in [0.717, 1.165) is 0 Å². The van der Waals surface area contributed by atoms with Crippen LogP contribution in [-0.4, -0.2) is 41.4 Å². The molecule has 0 saturated carbocycles. The van der Waals surface area contributed by atoms with Crippen molar-refractivity contribution in [1.29, 1.82) is 0 Å². The number of urea groups is 1. The lowest BCUT2D eigenvalue weighted by Gasteiger charge is -2.11. The number of amides is 2. The number of carboxylic acids is 1. The van der Waals surface area contributed by atoms with Crippen molar-refractivity contribution in [2.24, 2.45) is 0 Å².